The molecule has 1 saturated carbocycles. The van der Waals surface area contributed by atoms with E-state index in [1.54, 1.807) is 11.8 Å². The molecule has 0 unspecified atom stereocenters. The van der Waals surface area contributed by atoms with E-state index in [9.17, 15) is 4.79 Å². The third-order valence-electron chi connectivity index (χ3n) is 4.46. The second-order valence-corrected chi connectivity index (χ2v) is 8.33. The van der Waals surface area contributed by atoms with Gasteiger partial charge in [-0.15, -0.1) is 0 Å². The number of hydrogen-bond acceptors (Lipinski definition) is 3. The van der Waals surface area contributed by atoms with E-state index in [2.05, 4.69) is 30.7 Å². The first-order valence-corrected chi connectivity index (χ1v) is 9.89. The van der Waals surface area contributed by atoms with Gasteiger partial charge in [-0.1, -0.05) is 55.9 Å². The number of rotatable bonds is 7. The van der Waals surface area contributed by atoms with Crippen LogP contribution in [0, 0.1) is 19.8 Å². The third kappa shape index (κ3) is 4.46. The van der Waals surface area contributed by atoms with Crippen LogP contribution in [-0.2, 0) is 11.3 Å². The lowest BCUT2D eigenvalue weighted by Crippen LogP contribution is -2.30. The quantitative estimate of drug-likeness (QED) is 0.753. The van der Waals surface area contributed by atoms with Gasteiger partial charge in [-0.25, -0.2) is 4.98 Å². The molecule has 1 aromatic carbocycles. The molecule has 0 saturated heterocycles. The number of imidazole rings is 1. The van der Waals surface area contributed by atoms with Crippen molar-refractivity contribution >= 4 is 17.7 Å². The van der Waals surface area contributed by atoms with Crippen molar-refractivity contribution in [3.63, 3.8) is 0 Å². The molecule has 1 aliphatic rings. The van der Waals surface area contributed by atoms with Gasteiger partial charge in [-0.3, -0.25) is 4.79 Å². The molecule has 5 heteroatoms. The van der Waals surface area contributed by atoms with Crippen LogP contribution in [0.1, 0.15) is 48.9 Å². The molecule has 3 rings (SSSR count). The van der Waals surface area contributed by atoms with Crippen LogP contribution in [0.15, 0.2) is 35.5 Å². The SMILES string of the molecule is Cc1nc(S[C@@H](C(=O)NC2CC2)c2ccccc2)n(CC(C)C)c1C. The van der Waals surface area contributed by atoms with Crippen LogP contribution in [0.2, 0.25) is 0 Å². The molecule has 1 heterocycles. The maximum absolute atomic E-state index is 12.9. The second-order valence-electron chi connectivity index (χ2n) is 7.26. The molecule has 1 fully saturated rings. The first kappa shape index (κ1) is 18.1. The van der Waals surface area contributed by atoms with Gasteiger partial charge in [0, 0.05) is 18.3 Å². The number of amides is 1. The Morgan fingerprint density at radius 2 is 1.96 bits per heavy atom. The molecule has 1 amide bonds. The lowest BCUT2D eigenvalue weighted by Gasteiger charge is -2.18. The summed E-state index contributed by atoms with van der Waals surface area (Å²) in [5, 5.41) is 3.82. The lowest BCUT2D eigenvalue weighted by atomic mass is 10.1. The number of aryl methyl sites for hydroxylation is 1. The number of nitrogens with one attached hydrogen (secondary N) is 1. The molecular formula is C20H27N3OS. The Morgan fingerprint density at radius 3 is 2.56 bits per heavy atom. The third-order valence-corrected chi connectivity index (χ3v) is 5.70. The van der Waals surface area contributed by atoms with E-state index in [0.717, 1.165) is 35.8 Å². The smallest absolute Gasteiger partial charge is 0.238 e. The summed E-state index contributed by atoms with van der Waals surface area (Å²) in [7, 11) is 0. The van der Waals surface area contributed by atoms with Gasteiger partial charge in [0.15, 0.2) is 5.16 Å². The van der Waals surface area contributed by atoms with Crippen molar-refractivity contribution in [1.82, 2.24) is 14.9 Å². The van der Waals surface area contributed by atoms with Crippen molar-refractivity contribution in [2.24, 2.45) is 5.92 Å². The number of thioether (sulfide) groups is 1. The lowest BCUT2D eigenvalue weighted by molar-refractivity contribution is -0.120. The van der Waals surface area contributed by atoms with E-state index in [-0.39, 0.29) is 11.2 Å². The number of benzene rings is 1. The van der Waals surface area contributed by atoms with E-state index < -0.39 is 0 Å². The average Bonchev–Trinajstić information content (AvgIpc) is 3.35. The molecule has 1 N–H and O–H groups in total. The van der Waals surface area contributed by atoms with Crippen molar-refractivity contribution in [3.05, 3.63) is 47.3 Å². The predicted octanol–water partition coefficient (Wildman–Crippen LogP) is 4.27. The fraction of sp³-hybridized carbons (Fsp3) is 0.500. The maximum Gasteiger partial charge on any atom is 0.238 e. The Morgan fingerprint density at radius 1 is 1.28 bits per heavy atom. The van der Waals surface area contributed by atoms with Crippen LogP contribution in [-0.4, -0.2) is 21.5 Å². The monoisotopic (exact) mass is 357 g/mol. The number of aromatic nitrogens is 2. The zero-order valence-corrected chi connectivity index (χ0v) is 16.3. The molecule has 0 radical (unpaired) electrons. The van der Waals surface area contributed by atoms with Gasteiger partial charge in [0.05, 0.1) is 5.69 Å². The van der Waals surface area contributed by atoms with Crippen molar-refractivity contribution in [2.75, 3.05) is 0 Å². The average molecular weight is 358 g/mol. The molecule has 0 bridgehead atoms. The van der Waals surface area contributed by atoms with Gasteiger partial charge in [-0.05, 0) is 38.2 Å². The number of nitrogens with zero attached hydrogens (tertiary/aromatic N) is 2. The molecule has 134 valence electrons. The minimum atomic E-state index is -0.270. The van der Waals surface area contributed by atoms with E-state index in [4.69, 9.17) is 4.98 Å². The summed E-state index contributed by atoms with van der Waals surface area (Å²) in [6.07, 6.45) is 2.19. The first-order chi connectivity index (χ1) is 12.0. The van der Waals surface area contributed by atoms with Gasteiger partial charge in [0.1, 0.15) is 5.25 Å². The second kappa shape index (κ2) is 7.65. The Labute approximate surface area is 154 Å². The fourth-order valence-electron chi connectivity index (χ4n) is 2.80. The molecule has 0 spiro atoms. The van der Waals surface area contributed by atoms with Crippen LogP contribution in [0.25, 0.3) is 0 Å². The number of carbonyl (C=O) groups excluding carboxylic acids is 1. The zero-order valence-electron chi connectivity index (χ0n) is 15.5. The minimum Gasteiger partial charge on any atom is -0.352 e. The molecule has 0 aliphatic heterocycles. The molecule has 1 atom stereocenters. The van der Waals surface area contributed by atoms with Crippen LogP contribution >= 0.6 is 11.8 Å². The molecule has 4 nitrogen and oxygen atoms in total. The summed E-state index contributed by atoms with van der Waals surface area (Å²) in [6, 6.07) is 10.4. The zero-order chi connectivity index (χ0) is 18.0. The Kier molecular flexibility index (Phi) is 5.52. The van der Waals surface area contributed by atoms with Crippen LogP contribution < -0.4 is 5.32 Å². The molecule has 1 aliphatic carbocycles. The van der Waals surface area contributed by atoms with Crippen molar-refractivity contribution < 1.29 is 4.79 Å². The highest BCUT2D eigenvalue weighted by atomic mass is 32.2. The molecule has 25 heavy (non-hydrogen) atoms. The number of carbonyl (C=O) groups is 1. The first-order valence-electron chi connectivity index (χ1n) is 9.01. The van der Waals surface area contributed by atoms with Gasteiger partial charge in [0.2, 0.25) is 5.91 Å². The highest BCUT2D eigenvalue weighted by Crippen LogP contribution is 2.37. The van der Waals surface area contributed by atoms with Crippen LogP contribution in [0.4, 0.5) is 0 Å². The van der Waals surface area contributed by atoms with Gasteiger partial charge in [-0.2, -0.15) is 0 Å². The minimum absolute atomic E-state index is 0.0908. The topological polar surface area (TPSA) is 46.9 Å². The predicted molar refractivity (Wildman–Crippen MR) is 103 cm³/mol. The van der Waals surface area contributed by atoms with Gasteiger partial charge in [0.25, 0.3) is 0 Å². The van der Waals surface area contributed by atoms with Crippen LogP contribution in [0.5, 0.6) is 0 Å². The Balaban J connectivity index is 1.89. The van der Waals surface area contributed by atoms with E-state index in [1.807, 2.05) is 37.3 Å². The van der Waals surface area contributed by atoms with Crippen molar-refractivity contribution in [1.29, 1.82) is 0 Å². The number of hydrogen-bond donors (Lipinski definition) is 1. The summed E-state index contributed by atoms with van der Waals surface area (Å²) in [5.74, 6) is 0.621. The summed E-state index contributed by atoms with van der Waals surface area (Å²) >= 11 is 1.56. The largest absolute Gasteiger partial charge is 0.352 e. The summed E-state index contributed by atoms with van der Waals surface area (Å²) in [6.45, 7) is 9.48. The van der Waals surface area contributed by atoms with Gasteiger partial charge >= 0.3 is 0 Å². The highest BCUT2D eigenvalue weighted by molar-refractivity contribution is 8.00. The van der Waals surface area contributed by atoms with Crippen LogP contribution in [0.3, 0.4) is 0 Å². The highest BCUT2D eigenvalue weighted by Gasteiger charge is 2.30. The molecule has 1 aromatic heterocycles. The summed E-state index contributed by atoms with van der Waals surface area (Å²) < 4.78 is 2.25. The normalized spacial score (nSPS) is 15.4. The van der Waals surface area contributed by atoms with Gasteiger partial charge < -0.3 is 9.88 Å². The Bertz CT molecular complexity index is 735. The van der Waals surface area contributed by atoms with Crippen molar-refractivity contribution in [3.8, 4) is 0 Å². The molecule has 2 aromatic rings. The fourth-order valence-corrected chi connectivity index (χ4v) is 4.01. The summed E-state index contributed by atoms with van der Waals surface area (Å²) in [4.78, 5) is 17.6. The van der Waals surface area contributed by atoms with E-state index >= 15 is 0 Å². The molecular weight excluding hydrogens is 330 g/mol. The van der Waals surface area contributed by atoms with E-state index in [0.29, 0.717) is 12.0 Å². The maximum atomic E-state index is 12.9. The standard InChI is InChI=1S/C20H27N3OS/c1-13(2)12-23-15(4)14(3)21-20(23)25-18(16-8-6-5-7-9-16)19(24)22-17-10-11-17/h5-9,13,17-18H,10-12H2,1-4H3,(H,22,24)/t18-/m1/s1. The van der Waals surface area contributed by atoms with E-state index in [1.165, 1.54) is 5.69 Å². The van der Waals surface area contributed by atoms with Crippen molar-refractivity contribution in [2.45, 2.75) is 63.5 Å². The summed E-state index contributed by atoms with van der Waals surface area (Å²) in [5.41, 5.74) is 3.25. The Hall–Kier alpha value is -1.75.